The first-order valence-electron chi connectivity index (χ1n) is 14.9. The third-order valence-corrected chi connectivity index (χ3v) is 13.2. The second kappa shape index (κ2) is 7.59. The Bertz CT molecular complexity index is 1210. The molecular weight excluding hydrogens is 476 g/mol. The van der Waals surface area contributed by atoms with Crippen LogP contribution in [0.15, 0.2) is 11.6 Å². The van der Waals surface area contributed by atoms with Gasteiger partial charge in [-0.3, -0.25) is 14.4 Å². The Kier molecular flexibility index (Phi) is 5.24. The molecule has 1 aliphatic heterocycles. The average Bonchev–Trinajstić information content (AvgIpc) is 3.62. The van der Waals surface area contributed by atoms with Crippen LogP contribution in [-0.4, -0.2) is 35.7 Å². The Balaban J connectivity index is 1.50. The van der Waals surface area contributed by atoms with Crippen molar-refractivity contribution in [3.63, 3.8) is 0 Å². The lowest BCUT2D eigenvalue weighted by Crippen LogP contribution is -2.67. The van der Waals surface area contributed by atoms with Crippen molar-refractivity contribution >= 4 is 17.5 Å². The predicted octanol–water partition coefficient (Wildman–Crippen LogP) is 5.16. The van der Waals surface area contributed by atoms with E-state index < -0.39 is 22.5 Å². The van der Waals surface area contributed by atoms with Crippen LogP contribution in [-0.2, 0) is 19.1 Å². The molecule has 6 nitrogen and oxygen atoms in total. The summed E-state index contributed by atoms with van der Waals surface area (Å²) in [5.74, 6) is -0.233. The first kappa shape index (κ1) is 26.2. The molecule has 10 atom stereocenters. The molecule has 1 amide bonds. The molecule has 6 heteroatoms. The molecule has 4 saturated carbocycles. The molecule has 1 N–H and O–H groups in total. The minimum absolute atomic E-state index is 0.00596. The molecule has 2 unspecified atom stereocenters. The van der Waals surface area contributed by atoms with Gasteiger partial charge in [0.1, 0.15) is 12.2 Å². The summed E-state index contributed by atoms with van der Waals surface area (Å²) >= 11 is 0. The van der Waals surface area contributed by atoms with Crippen LogP contribution in [0, 0.1) is 62.1 Å². The first-order chi connectivity index (χ1) is 17.7. The van der Waals surface area contributed by atoms with Crippen molar-refractivity contribution in [2.24, 2.45) is 50.7 Å². The molecule has 0 aromatic heterocycles. The summed E-state index contributed by atoms with van der Waals surface area (Å²) in [7, 11) is 0. The number of carbonyl (C=O) groups is 3. The highest BCUT2D eigenvalue weighted by Gasteiger charge is 2.80. The van der Waals surface area contributed by atoms with E-state index in [0.717, 1.165) is 50.5 Å². The normalized spacial score (nSPS) is 52.2. The maximum Gasteiger partial charge on any atom is 0.240 e. The van der Waals surface area contributed by atoms with Gasteiger partial charge in [-0.2, -0.15) is 5.26 Å². The van der Waals surface area contributed by atoms with E-state index in [9.17, 15) is 19.6 Å². The van der Waals surface area contributed by atoms with Crippen molar-refractivity contribution in [1.82, 2.24) is 5.32 Å². The Hall–Kier alpha value is -2.00. The second-order valence-electron chi connectivity index (χ2n) is 15.1. The topological polar surface area (TPSA) is 99.6 Å². The highest BCUT2D eigenvalue weighted by molar-refractivity contribution is 5.99. The number of ether oxygens (including phenoxy) is 1. The summed E-state index contributed by atoms with van der Waals surface area (Å²) in [6.07, 6.45) is 7.57. The van der Waals surface area contributed by atoms with E-state index in [1.165, 1.54) is 0 Å². The molecular formula is C32H44N2O4. The van der Waals surface area contributed by atoms with Gasteiger partial charge in [0.15, 0.2) is 11.6 Å². The summed E-state index contributed by atoms with van der Waals surface area (Å²) in [4.78, 5) is 41.4. The number of epoxide rings is 1. The molecule has 5 fully saturated rings. The zero-order valence-electron chi connectivity index (χ0n) is 24.2. The number of Topliss-reactive ketones (excluding diaryl/α,β-unsaturated/α-hetero) is 1. The van der Waals surface area contributed by atoms with Gasteiger partial charge < -0.3 is 10.1 Å². The largest absolute Gasteiger partial charge is 0.356 e. The number of rotatable bonds is 2. The molecule has 38 heavy (non-hydrogen) atoms. The number of carbonyl (C=O) groups excluding carboxylic acids is 3. The lowest BCUT2D eigenvalue weighted by molar-refractivity contribution is -0.179. The number of ketones is 2. The van der Waals surface area contributed by atoms with Crippen LogP contribution >= 0.6 is 0 Å². The van der Waals surface area contributed by atoms with E-state index in [1.807, 2.05) is 19.9 Å². The Morgan fingerprint density at radius 2 is 1.76 bits per heavy atom. The van der Waals surface area contributed by atoms with Gasteiger partial charge in [0.05, 0.1) is 5.41 Å². The highest BCUT2D eigenvalue weighted by atomic mass is 16.6. The fraction of sp³-hybridized carbons (Fsp3) is 0.812. The number of amides is 1. The molecule has 1 saturated heterocycles. The lowest BCUT2D eigenvalue weighted by atomic mass is 9.34. The van der Waals surface area contributed by atoms with Crippen molar-refractivity contribution in [2.75, 3.05) is 6.54 Å². The van der Waals surface area contributed by atoms with Crippen molar-refractivity contribution < 1.29 is 19.1 Å². The van der Waals surface area contributed by atoms with E-state index in [0.29, 0.717) is 6.54 Å². The number of allylic oxidation sites excluding steroid dienone is 1. The molecule has 0 bridgehead atoms. The number of nitriles is 1. The van der Waals surface area contributed by atoms with Gasteiger partial charge >= 0.3 is 0 Å². The second-order valence-corrected chi connectivity index (χ2v) is 15.1. The lowest BCUT2D eigenvalue weighted by Gasteiger charge is -2.68. The van der Waals surface area contributed by atoms with E-state index in [1.54, 1.807) is 0 Å². The van der Waals surface area contributed by atoms with Crippen LogP contribution in [0.1, 0.15) is 93.4 Å². The minimum Gasteiger partial charge on any atom is -0.356 e. The molecule has 0 aromatic carbocycles. The molecule has 0 spiro atoms. The maximum absolute atomic E-state index is 14.5. The van der Waals surface area contributed by atoms with Crippen LogP contribution in [0.5, 0.6) is 0 Å². The van der Waals surface area contributed by atoms with Crippen molar-refractivity contribution in [2.45, 2.75) is 105 Å². The monoisotopic (exact) mass is 520 g/mol. The molecule has 0 aromatic rings. The van der Waals surface area contributed by atoms with E-state index in [4.69, 9.17) is 4.74 Å². The Labute approximate surface area is 227 Å². The molecule has 0 radical (unpaired) electrons. The van der Waals surface area contributed by atoms with Crippen LogP contribution < -0.4 is 5.32 Å². The standard InChI is InChI=1S/C32H44N2O4/c1-8-34-26(37)31-13-11-27(3,4)16-20(31)23-21(35)15-22-28(5,29(23,6)12-14-31)10-9-19-18(2)24(36)32(17-33)25(38-32)30(19,22)7/h15,18-20,23,25H,8-14,16H2,1-7H3,(H,34,37)/t18-,19-,20?,23?,25+,28+,29+,30-,31-,32-/m0/s1. The first-order valence-corrected chi connectivity index (χ1v) is 14.9. The van der Waals surface area contributed by atoms with Crippen molar-refractivity contribution in [3.8, 4) is 6.07 Å². The number of hydrogen-bond acceptors (Lipinski definition) is 5. The van der Waals surface area contributed by atoms with Gasteiger partial charge in [-0.25, -0.2) is 0 Å². The molecule has 6 aliphatic rings. The maximum atomic E-state index is 14.5. The van der Waals surface area contributed by atoms with E-state index >= 15 is 0 Å². The number of fused-ring (bicyclic) bond motifs is 9. The summed E-state index contributed by atoms with van der Waals surface area (Å²) in [6.45, 7) is 15.9. The smallest absolute Gasteiger partial charge is 0.240 e. The van der Waals surface area contributed by atoms with E-state index in [2.05, 4.69) is 46.0 Å². The zero-order chi connectivity index (χ0) is 27.7. The quantitative estimate of drug-likeness (QED) is 0.507. The van der Waals surface area contributed by atoms with Gasteiger partial charge in [-0.15, -0.1) is 0 Å². The van der Waals surface area contributed by atoms with Gasteiger partial charge in [0.25, 0.3) is 0 Å². The molecule has 6 rings (SSSR count). The molecule has 206 valence electrons. The van der Waals surface area contributed by atoms with Crippen LogP contribution in [0.3, 0.4) is 0 Å². The molecule has 5 aliphatic carbocycles. The number of nitrogens with one attached hydrogen (secondary N) is 1. The van der Waals surface area contributed by atoms with Gasteiger partial charge in [0.2, 0.25) is 11.5 Å². The number of nitrogens with zero attached hydrogens (tertiary/aromatic N) is 1. The Morgan fingerprint density at radius 1 is 1.08 bits per heavy atom. The summed E-state index contributed by atoms with van der Waals surface area (Å²) in [6, 6.07) is 2.23. The summed E-state index contributed by atoms with van der Waals surface area (Å²) < 4.78 is 6.04. The van der Waals surface area contributed by atoms with Crippen LogP contribution in [0.4, 0.5) is 0 Å². The van der Waals surface area contributed by atoms with Gasteiger partial charge in [-0.05, 0) is 86.0 Å². The Morgan fingerprint density at radius 3 is 2.42 bits per heavy atom. The van der Waals surface area contributed by atoms with Crippen molar-refractivity contribution in [3.05, 3.63) is 11.6 Å². The third-order valence-electron chi connectivity index (χ3n) is 13.2. The van der Waals surface area contributed by atoms with Crippen LogP contribution in [0.25, 0.3) is 0 Å². The van der Waals surface area contributed by atoms with Crippen LogP contribution in [0.2, 0.25) is 0 Å². The highest BCUT2D eigenvalue weighted by Crippen LogP contribution is 2.76. The van der Waals surface area contributed by atoms with Crippen molar-refractivity contribution in [1.29, 1.82) is 5.26 Å². The fourth-order valence-corrected chi connectivity index (χ4v) is 10.8. The van der Waals surface area contributed by atoms with Gasteiger partial charge in [-0.1, -0.05) is 47.1 Å². The number of hydrogen-bond donors (Lipinski definition) is 1. The fourth-order valence-electron chi connectivity index (χ4n) is 10.8. The predicted molar refractivity (Wildman–Crippen MR) is 142 cm³/mol. The molecule has 1 heterocycles. The average molecular weight is 521 g/mol. The van der Waals surface area contributed by atoms with E-state index in [-0.39, 0.29) is 57.4 Å². The SMILES string of the molecule is CCNC(=O)[C@]12CCC(C)(C)CC1C1C(=O)C=C3[C@@]4(C)[C@H]5O[C@@]5(C#N)C(=O)[C@@H](C)[C@@H]4CC[C@@]3(C)[C@]1(C)CC2. The van der Waals surface area contributed by atoms with Gasteiger partial charge in [0, 0.05) is 23.8 Å². The zero-order valence-corrected chi connectivity index (χ0v) is 24.2. The summed E-state index contributed by atoms with van der Waals surface area (Å²) in [5.41, 5.74) is -1.76. The summed E-state index contributed by atoms with van der Waals surface area (Å²) in [5, 5.41) is 13.2. The third kappa shape index (κ3) is 2.80. The minimum atomic E-state index is -1.36.